The van der Waals surface area contributed by atoms with Crippen LogP contribution in [0.2, 0.25) is 0 Å². The number of carbonyl (C=O) groups excluding carboxylic acids is 1. The first-order chi connectivity index (χ1) is 13.2. The van der Waals surface area contributed by atoms with E-state index in [1.165, 1.54) is 19.2 Å². The number of methoxy groups -OCH3 is 1. The van der Waals surface area contributed by atoms with Crippen LogP contribution in [0.15, 0.2) is 41.3 Å². The molecule has 2 aromatic rings. The van der Waals surface area contributed by atoms with Crippen molar-refractivity contribution >= 4 is 33.3 Å². The van der Waals surface area contributed by atoms with Crippen LogP contribution in [0.4, 0.5) is 11.4 Å². The summed E-state index contributed by atoms with van der Waals surface area (Å²) < 4.78 is 33.1. The molecule has 0 atom stereocenters. The highest BCUT2D eigenvalue weighted by atomic mass is 32.2. The number of anilines is 2. The summed E-state index contributed by atoms with van der Waals surface area (Å²) >= 11 is 0. The van der Waals surface area contributed by atoms with Gasteiger partial charge in [0.25, 0.3) is 10.0 Å². The summed E-state index contributed by atoms with van der Waals surface area (Å²) in [6, 6.07) is 8.51. The number of hydrogen-bond donors (Lipinski definition) is 2. The van der Waals surface area contributed by atoms with E-state index in [1.807, 2.05) is 0 Å². The number of amides is 1. The summed E-state index contributed by atoms with van der Waals surface area (Å²) in [4.78, 5) is 24.5. The molecule has 28 heavy (non-hydrogen) atoms. The molecule has 0 aromatic heterocycles. The number of sulfonamides is 1. The maximum Gasteiger partial charge on any atom is 0.335 e. The van der Waals surface area contributed by atoms with Crippen LogP contribution in [0.25, 0.3) is 0 Å². The number of carboxylic acids is 1. The van der Waals surface area contributed by atoms with Crippen LogP contribution < -0.4 is 14.4 Å². The number of nitrogens with one attached hydrogen (secondary N) is 1. The van der Waals surface area contributed by atoms with Gasteiger partial charge in [0, 0.05) is 24.3 Å². The summed E-state index contributed by atoms with van der Waals surface area (Å²) in [5.74, 6) is -1.16. The molecule has 2 aromatic carbocycles. The molecular weight excluding hydrogens is 384 g/mol. The molecule has 148 valence electrons. The number of benzene rings is 2. The zero-order valence-electron chi connectivity index (χ0n) is 15.4. The minimum atomic E-state index is -4.09. The fraction of sp³-hybridized carbons (Fsp3) is 0.263. The molecule has 8 nitrogen and oxygen atoms in total. The minimum Gasteiger partial charge on any atom is -0.495 e. The van der Waals surface area contributed by atoms with Crippen LogP contribution in [-0.2, 0) is 14.8 Å². The maximum absolute atomic E-state index is 12.8. The van der Waals surface area contributed by atoms with Crippen molar-refractivity contribution in [2.24, 2.45) is 0 Å². The number of hydrogen-bond acceptors (Lipinski definition) is 5. The second-order valence-corrected chi connectivity index (χ2v) is 8.08. The molecule has 1 saturated heterocycles. The number of aryl methyl sites for hydroxylation is 1. The van der Waals surface area contributed by atoms with Gasteiger partial charge >= 0.3 is 5.97 Å². The lowest BCUT2D eigenvalue weighted by Crippen LogP contribution is -2.24. The predicted molar refractivity (Wildman–Crippen MR) is 104 cm³/mol. The molecule has 9 heteroatoms. The van der Waals surface area contributed by atoms with Crippen molar-refractivity contribution in [1.29, 1.82) is 0 Å². The van der Waals surface area contributed by atoms with E-state index >= 15 is 0 Å². The highest BCUT2D eigenvalue weighted by Crippen LogP contribution is 2.30. The number of carboxylic acid groups (broad SMARTS) is 1. The highest BCUT2D eigenvalue weighted by molar-refractivity contribution is 7.92. The van der Waals surface area contributed by atoms with Gasteiger partial charge in [-0.1, -0.05) is 0 Å². The van der Waals surface area contributed by atoms with E-state index in [9.17, 15) is 18.0 Å². The molecule has 0 saturated carbocycles. The van der Waals surface area contributed by atoms with Gasteiger partial charge in [-0.05, 0) is 55.3 Å². The Balaban J connectivity index is 1.93. The minimum absolute atomic E-state index is 0.0357. The largest absolute Gasteiger partial charge is 0.495 e. The van der Waals surface area contributed by atoms with Crippen LogP contribution in [0.3, 0.4) is 0 Å². The first-order valence-corrected chi connectivity index (χ1v) is 10.1. The lowest BCUT2D eigenvalue weighted by atomic mass is 10.1. The number of rotatable bonds is 6. The van der Waals surface area contributed by atoms with Crippen molar-refractivity contribution in [3.63, 3.8) is 0 Å². The molecule has 3 rings (SSSR count). The van der Waals surface area contributed by atoms with E-state index in [0.29, 0.717) is 18.7 Å². The first-order valence-electron chi connectivity index (χ1n) is 8.58. The fourth-order valence-corrected chi connectivity index (χ4v) is 4.40. The summed E-state index contributed by atoms with van der Waals surface area (Å²) in [5, 5.41) is 9.13. The average Bonchev–Trinajstić information content (AvgIpc) is 3.06. The van der Waals surface area contributed by atoms with E-state index in [0.717, 1.165) is 23.7 Å². The molecule has 1 fully saturated rings. The molecular formula is C19H20N2O6S. The second-order valence-electron chi connectivity index (χ2n) is 6.43. The highest BCUT2D eigenvalue weighted by Gasteiger charge is 2.25. The molecule has 1 aliphatic rings. The van der Waals surface area contributed by atoms with E-state index < -0.39 is 16.0 Å². The first kappa shape index (κ1) is 19.7. The van der Waals surface area contributed by atoms with Crippen molar-refractivity contribution in [1.82, 2.24) is 0 Å². The van der Waals surface area contributed by atoms with Crippen LogP contribution in [0.5, 0.6) is 5.75 Å². The van der Waals surface area contributed by atoms with Crippen molar-refractivity contribution in [2.75, 3.05) is 23.3 Å². The monoisotopic (exact) mass is 404 g/mol. The van der Waals surface area contributed by atoms with Crippen LogP contribution in [0.1, 0.15) is 28.8 Å². The molecule has 0 spiro atoms. The van der Waals surface area contributed by atoms with Gasteiger partial charge in [-0.25, -0.2) is 13.2 Å². The Morgan fingerprint density at radius 2 is 1.96 bits per heavy atom. The summed E-state index contributed by atoms with van der Waals surface area (Å²) in [7, 11) is -2.78. The van der Waals surface area contributed by atoms with Crippen molar-refractivity contribution in [2.45, 2.75) is 24.7 Å². The maximum atomic E-state index is 12.8. The summed E-state index contributed by atoms with van der Waals surface area (Å²) in [6.07, 6.45) is 1.31. The molecule has 1 heterocycles. The Kier molecular flexibility index (Phi) is 5.28. The van der Waals surface area contributed by atoms with E-state index in [2.05, 4.69) is 4.72 Å². The Labute approximate surface area is 162 Å². The lowest BCUT2D eigenvalue weighted by Gasteiger charge is -2.19. The van der Waals surface area contributed by atoms with Crippen molar-refractivity contribution < 1.29 is 27.9 Å². The number of aromatic carboxylic acids is 1. The smallest absolute Gasteiger partial charge is 0.335 e. The number of ether oxygens (including phenoxy) is 1. The van der Waals surface area contributed by atoms with Gasteiger partial charge in [0.2, 0.25) is 5.91 Å². The molecule has 0 unspecified atom stereocenters. The van der Waals surface area contributed by atoms with Gasteiger partial charge < -0.3 is 14.7 Å². The Morgan fingerprint density at radius 3 is 2.54 bits per heavy atom. The third-order valence-corrected chi connectivity index (χ3v) is 5.92. The van der Waals surface area contributed by atoms with Gasteiger partial charge in [0.05, 0.1) is 12.7 Å². The second kappa shape index (κ2) is 7.51. The molecule has 2 N–H and O–H groups in total. The topological polar surface area (TPSA) is 113 Å². The number of nitrogens with zero attached hydrogens (tertiary/aromatic N) is 1. The molecule has 1 amide bonds. The SMILES string of the molecule is COc1ccc(C(=O)O)cc1S(=O)(=O)Nc1ccc(N2CCCC2=O)c(C)c1. The predicted octanol–water partition coefficient (Wildman–Crippen LogP) is 2.63. The van der Waals surface area contributed by atoms with Crippen LogP contribution >= 0.6 is 0 Å². The summed E-state index contributed by atoms with van der Waals surface area (Å²) in [6.45, 7) is 2.44. The fourth-order valence-electron chi connectivity index (χ4n) is 3.15. The van der Waals surface area contributed by atoms with Gasteiger partial charge in [-0.3, -0.25) is 9.52 Å². The molecule has 0 radical (unpaired) electrons. The molecule has 0 bridgehead atoms. The third kappa shape index (κ3) is 3.79. The molecule has 0 aliphatic carbocycles. The number of carbonyl (C=O) groups is 2. The normalized spacial score (nSPS) is 14.2. The van der Waals surface area contributed by atoms with Crippen LogP contribution in [0, 0.1) is 6.92 Å². The van der Waals surface area contributed by atoms with Gasteiger partial charge in [-0.2, -0.15) is 0 Å². The van der Waals surface area contributed by atoms with E-state index in [-0.39, 0.29) is 22.1 Å². The third-order valence-electron chi connectivity index (χ3n) is 4.51. The van der Waals surface area contributed by atoms with Crippen LogP contribution in [-0.4, -0.2) is 39.1 Å². The van der Waals surface area contributed by atoms with E-state index in [1.54, 1.807) is 30.0 Å². The van der Waals surface area contributed by atoms with E-state index in [4.69, 9.17) is 9.84 Å². The summed E-state index contributed by atoms with van der Waals surface area (Å²) in [5.41, 5.74) is 1.63. The van der Waals surface area contributed by atoms with Crippen molar-refractivity contribution in [3.05, 3.63) is 47.5 Å². The van der Waals surface area contributed by atoms with Crippen molar-refractivity contribution in [3.8, 4) is 5.75 Å². The zero-order chi connectivity index (χ0) is 20.5. The Hall–Kier alpha value is -3.07. The van der Waals surface area contributed by atoms with Gasteiger partial charge in [-0.15, -0.1) is 0 Å². The van der Waals surface area contributed by atoms with Gasteiger partial charge in [0.1, 0.15) is 10.6 Å². The average molecular weight is 404 g/mol. The molecule has 1 aliphatic heterocycles. The Bertz CT molecular complexity index is 1050. The standard InChI is InChI=1S/C19H20N2O6S/c1-12-10-14(6-7-15(12)21-9-3-4-18(21)22)20-28(25,26)17-11-13(19(23)24)5-8-16(17)27-2/h5-8,10-11,20H,3-4,9H2,1-2H3,(H,23,24). The van der Waals surface area contributed by atoms with Gasteiger partial charge in [0.15, 0.2) is 0 Å². The quantitative estimate of drug-likeness (QED) is 0.765. The lowest BCUT2D eigenvalue weighted by molar-refractivity contribution is -0.117. The Morgan fingerprint density at radius 1 is 1.21 bits per heavy atom. The zero-order valence-corrected chi connectivity index (χ0v) is 16.2.